The van der Waals surface area contributed by atoms with Crippen molar-refractivity contribution in [2.24, 2.45) is 0 Å². The predicted octanol–water partition coefficient (Wildman–Crippen LogP) is 4.51. The van der Waals surface area contributed by atoms with E-state index in [4.69, 9.17) is 26.6 Å². The summed E-state index contributed by atoms with van der Waals surface area (Å²) < 4.78 is 50.5. The molecule has 0 aliphatic rings. The van der Waals surface area contributed by atoms with Crippen LogP contribution in [0.15, 0.2) is 0 Å². The average Bonchev–Trinajstić information content (AvgIpc) is 2.53. The van der Waals surface area contributed by atoms with Crippen LogP contribution in [-0.2, 0) is 22.7 Å². The standard InChI is InChI=1S/C19H42N.2H2O3S/c1-5-6-7-8-9-10-11-12-13-14-15-16-17-18-19-20(2,3)4;2*1-4(2)3/h5-19H2,1-4H3;2*(H2,1,2,3)/q+1;;/p-3. The van der Waals surface area contributed by atoms with Crippen molar-refractivity contribution >= 4 is 22.7 Å². The molecule has 28 heavy (non-hydrogen) atoms. The van der Waals surface area contributed by atoms with Crippen molar-refractivity contribution in [3.8, 4) is 0 Å². The van der Waals surface area contributed by atoms with Crippen LogP contribution in [0.3, 0.4) is 0 Å². The van der Waals surface area contributed by atoms with E-state index in [2.05, 4.69) is 28.1 Å². The molecule has 0 fully saturated rings. The van der Waals surface area contributed by atoms with Gasteiger partial charge in [-0.2, -0.15) is 0 Å². The van der Waals surface area contributed by atoms with E-state index in [1.165, 1.54) is 96.4 Å². The first-order valence-electron chi connectivity index (χ1n) is 10.4. The number of nitrogens with zero attached hydrogens (tertiary/aromatic N) is 1. The maximum atomic E-state index is 8.56. The molecule has 174 valence electrons. The Labute approximate surface area is 178 Å². The Hall–Kier alpha value is 0.1000. The van der Waals surface area contributed by atoms with Gasteiger partial charge in [0.1, 0.15) is 0 Å². The number of hydrogen-bond acceptors (Lipinski definition) is 5. The summed E-state index contributed by atoms with van der Waals surface area (Å²) in [5.74, 6) is 0. The van der Waals surface area contributed by atoms with E-state index in [1.54, 1.807) is 0 Å². The molecule has 0 aromatic carbocycles. The SMILES string of the molecule is CCCCCCCCCCCCCCCC[N+](C)(C)C.O=S([O-])O.O=S([O-])[O-]. The summed E-state index contributed by atoms with van der Waals surface area (Å²) >= 11 is -5.97. The van der Waals surface area contributed by atoms with Gasteiger partial charge in [-0.3, -0.25) is 4.21 Å². The van der Waals surface area contributed by atoms with Crippen molar-refractivity contribution in [2.45, 2.75) is 96.8 Å². The molecule has 0 bridgehead atoms. The number of quaternary nitrogens is 1. The molecule has 0 heterocycles. The van der Waals surface area contributed by atoms with Crippen molar-refractivity contribution < 1.29 is 31.1 Å². The van der Waals surface area contributed by atoms with Gasteiger partial charge in [0.15, 0.2) is 0 Å². The molecule has 9 heteroatoms. The van der Waals surface area contributed by atoms with Gasteiger partial charge in [-0.1, -0.05) is 84.0 Å². The van der Waals surface area contributed by atoms with Crippen LogP contribution in [0.4, 0.5) is 0 Å². The Balaban J connectivity index is -0.000000656. The number of hydrogen-bond donors (Lipinski definition) is 1. The predicted molar refractivity (Wildman–Crippen MR) is 114 cm³/mol. The second-order valence-corrected chi connectivity index (χ2v) is 8.87. The van der Waals surface area contributed by atoms with E-state index in [1.807, 2.05) is 0 Å². The summed E-state index contributed by atoms with van der Waals surface area (Å²) in [6, 6.07) is 0. The largest absolute Gasteiger partial charge is 0.784 e. The van der Waals surface area contributed by atoms with E-state index in [-0.39, 0.29) is 0 Å². The van der Waals surface area contributed by atoms with E-state index in [0.717, 1.165) is 4.48 Å². The van der Waals surface area contributed by atoms with E-state index >= 15 is 0 Å². The molecule has 1 N–H and O–H groups in total. The summed E-state index contributed by atoms with van der Waals surface area (Å²) in [6.07, 6.45) is 20.4. The first-order chi connectivity index (χ1) is 13.0. The van der Waals surface area contributed by atoms with Crippen molar-refractivity contribution in [3.05, 3.63) is 0 Å². The fraction of sp³-hybridized carbons (Fsp3) is 1.00. The normalized spacial score (nSPS) is 12.0. The highest BCUT2D eigenvalue weighted by molar-refractivity contribution is 7.73. The Bertz CT molecular complexity index is 332. The third-order valence-corrected chi connectivity index (χ3v) is 4.18. The Morgan fingerprint density at radius 2 is 0.857 bits per heavy atom. The summed E-state index contributed by atoms with van der Waals surface area (Å²) in [5, 5.41) is 0. The minimum absolute atomic E-state index is 1.12. The molecule has 0 amide bonds. The van der Waals surface area contributed by atoms with Crippen LogP contribution < -0.4 is 0 Å². The Morgan fingerprint density at radius 1 is 0.643 bits per heavy atom. The molecule has 7 nitrogen and oxygen atoms in total. The van der Waals surface area contributed by atoms with Gasteiger partial charge in [0.25, 0.3) is 0 Å². The minimum Gasteiger partial charge on any atom is -0.784 e. The first kappa shape index (κ1) is 32.8. The average molecular weight is 446 g/mol. The summed E-state index contributed by atoms with van der Waals surface area (Å²) in [4.78, 5) is 0. The smallest absolute Gasteiger partial charge is 0.0814 e. The van der Waals surface area contributed by atoms with Crippen LogP contribution >= 0.6 is 0 Å². The fourth-order valence-electron chi connectivity index (χ4n) is 2.78. The first-order valence-corrected chi connectivity index (χ1v) is 12.4. The minimum atomic E-state index is -3.11. The lowest BCUT2D eigenvalue weighted by Gasteiger charge is -2.23. The van der Waals surface area contributed by atoms with Gasteiger partial charge in [-0.05, 0) is 12.8 Å². The molecule has 0 aromatic rings. The van der Waals surface area contributed by atoms with Crippen LogP contribution in [0.2, 0.25) is 0 Å². The lowest BCUT2D eigenvalue weighted by atomic mass is 10.0. The second kappa shape index (κ2) is 25.1. The zero-order chi connectivity index (χ0) is 22.3. The molecule has 0 radical (unpaired) electrons. The van der Waals surface area contributed by atoms with Gasteiger partial charge in [0.05, 0.1) is 39.0 Å². The molecule has 1 unspecified atom stereocenters. The molecular weight excluding hydrogens is 402 g/mol. The van der Waals surface area contributed by atoms with Crippen LogP contribution in [0, 0.1) is 0 Å². The summed E-state index contributed by atoms with van der Waals surface area (Å²) in [5.41, 5.74) is 0. The highest BCUT2D eigenvalue weighted by Gasteiger charge is 2.04. The van der Waals surface area contributed by atoms with Crippen LogP contribution in [0.1, 0.15) is 96.8 Å². The molecule has 1 atom stereocenters. The fourth-order valence-corrected chi connectivity index (χ4v) is 2.78. The monoisotopic (exact) mass is 445 g/mol. The van der Waals surface area contributed by atoms with E-state index in [9.17, 15) is 0 Å². The van der Waals surface area contributed by atoms with Crippen LogP contribution in [0.5, 0.6) is 0 Å². The van der Waals surface area contributed by atoms with Crippen molar-refractivity contribution in [1.82, 2.24) is 0 Å². The van der Waals surface area contributed by atoms with Crippen molar-refractivity contribution in [3.63, 3.8) is 0 Å². The lowest BCUT2D eigenvalue weighted by Crippen LogP contribution is -2.35. The highest BCUT2D eigenvalue weighted by Crippen LogP contribution is 2.13. The topological polar surface area (TPSA) is 124 Å². The Kier molecular flexibility index (Phi) is 29.4. The zero-order valence-corrected chi connectivity index (χ0v) is 20.0. The zero-order valence-electron chi connectivity index (χ0n) is 18.4. The quantitative estimate of drug-likeness (QED) is 0.225. The molecule has 0 rings (SSSR count). The van der Waals surface area contributed by atoms with Gasteiger partial charge in [-0.25, -0.2) is 4.21 Å². The highest BCUT2D eigenvalue weighted by atomic mass is 32.2. The van der Waals surface area contributed by atoms with Gasteiger partial charge in [0.2, 0.25) is 0 Å². The summed E-state index contributed by atoms with van der Waals surface area (Å²) in [6.45, 7) is 3.63. The van der Waals surface area contributed by atoms with Crippen molar-refractivity contribution in [1.29, 1.82) is 0 Å². The molecule has 0 aliphatic carbocycles. The molecule has 0 saturated carbocycles. The van der Waals surface area contributed by atoms with Crippen LogP contribution in [-0.4, -0.2) is 58.8 Å². The maximum absolute atomic E-state index is 8.56. The molecular formula is C19H43NO6S2-2. The third kappa shape index (κ3) is 56.2. The summed E-state index contributed by atoms with van der Waals surface area (Å²) in [7, 11) is 6.88. The number of unbranched alkanes of at least 4 members (excludes halogenated alkanes) is 13. The molecule has 0 aliphatic heterocycles. The lowest BCUT2D eigenvalue weighted by molar-refractivity contribution is -0.870. The molecule has 0 spiro atoms. The van der Waals surface area contributed by atoms with Crippen molar-refractivity contribution in [2.75, 3.05) is 27.7 Å². The third-order valence-electron chi connectivity index (χ3n) is 4.18. The van der Waals surface area contributed by atoms with Gasteiger partial charge >= 0.3 is 0 Å². The Morgan fingerprint density at radius 3 is 1.07 bits per heavy atom. The maximum Gasteiger partial charge on any atom is 0.0814 e. The van der Waals surface area contributed by atoms with E-state index in [0.29, 0.717) is 0 Å². The second-order valence-electron chi connectivity index (χ2n) is 8.03. The van der Waals surface area contributed by atoms with E-state index < -0.39 is 22.7 Å². The molecule has 0 saturated heterocycles. The van der Waals surface area contributed by atoms with Crippen LogP contribution in [0.25, 0.3) is 0 Å². The van der Waals surface area contributed by atoms with Gasteiger partial charge in [-0.15, -0.1) is 11.4 Å². The number of rotatable bonds is 15. The van der Waals surface area contributed by atoms with Gasteiger partial charge < -0.3 is 22.7 Å². The molecule has 0 aromatic heterocycles. The van der Waals surface area contributed by atoms with Gasteiger partial charge in [0, 0.05) is 0 Å².